The number of nitrogens with zero attached hydrogens (tertiary/aromatic N) is 4. The molecule has 0 amide bonds. The summed E-state index contributed by atoms with van der Waals surface area (Å²) in [5, 5.41) is 16.0. The molecule has 3 aliphatic heterocycles. The van der Waals surface area contributed by atoms with Crippen LogP contribution in [0, 0.1) is 11.7 Å². The number of halogens is 1. The lowest BCUT2D eigenvalue weighted by molar-refractivity contribution is 0.0699. The van der Waals surface area contributed by atoms with Crippen molar-refractivity contribution in [2.45, 2.75) is 44.1 Å². The molecule has 2 aromatic heterocycles. The first-order valence-electron chi connectivity index (χ1n) is 14.4. The second-order valence-electron chi connectivity index (χ2n) is 11.4. The molecule has 0 radical (unpaired) electrons. The third kappa shape index (κ3) is 4.61. The van der Waals surface area contributed by atoms with Crippen molar-refractivity contribution in [1.29, 1.82) is 0 Å². The van der Waals surface area contributed by atoms with E-state index in [9.17, 15) is 5.11 Å². The van der Waals surface area contributed by atoms with E-state index in [-0.39, 0.29) is 28.5 Å². The zero-order valence-electron chi connectivity index (χ0n) is 22.5. The number of hydrogen-bond acceptors (Lipinski definition) is 8. The molecule has 0 spiro atoms. The van der Waals surface area contributed by atoms with Crippen molar-refractivity contribution >= 4 is 27.5 Å². The van der Waals surface area contributed by atoms with Crippen molar-refractivity contribution < 1.29 is 19.0 Å². The zero-order valence-corrected chi connectivity index (χ0v) is 22.5. The lowest BCUT2D eigenvalue weighted by Crippen LogP contribution is -2.43. The summed E-state index contributed by atoms with van der Waals surface area (Å²) in [5.41, 5.74) is 0.829. The largest absolute Gasteiger partial charge is 0.508 e. The highest BCUT2D eigenvalue weighted by atomic mass is 19.1. The van der Waals surface area contributed by atoms with Crippen LogP contribution in [-0.2, 0) is 4.74 Å². The molecule has 0 unspecified atom stereocenters. The number of phenolic OH excluding ortho intramolecular Hbond substituents is 1. The van der Waals surface area contributed by atoms with Crippen LogP contribution < -0.4 is 10.1 Å². The highest BCUT2D eigenvalue weighted by Gasteiger charge is 2.45. The fraction of sp³-hybridized carbons (Fsp3) is 0.452. The first-order valence-corrected chi connectivity index (χ1v) is 14.4. The Bertz CT molecular complexity index is 1550. The van der Waals surface area contributed by atoms with Gasteiger partial charge in [-0.2, -0.15) is 9.97 Å². The number of aromatic hydroxyl groups is 1. The number of anilines is 1. The molecular weight excluding hydrogens is 509 g/mol. The molecule has 0 atom stereocenters. The van der Waals surface area contributed by atoms with E-state index >= 15 is 4.39 Å². The fourth-order valence-electron chi connectivity index (χ4n) is 6.77. The topological polar surface area (TPSA) is 92.6 Å². The predicted octanol–water partition coefficient (Wildman–Crippen LogP) is 5.54. The normalized spacial score (nSPS) is 19.3. The first kappa shape index (κ1) is 25.4. The molecule has 208 valence electrons. The van der Waals surface area contributed by atoms with E-state index in [1.165, 1.54) is 12.8 Å². The molecular formula is C31H34FN5O3. The van der Waals surface area contributed by atoms with Gasteiger partial charge in [0.15, 0.2) is 5.82 Å². The van der Waals surface area contributed by atoms with Crippen LogP contribution in [0.5, 0.6) is 11.8 Å². The smallest absolute Gasteiger partial charge is 0.319 e. The van der Waals surface area contributed by atoms with Crippen LogP contribution in [0.2, 0.25) is 0 Å². The number of rotatable bonds is 7. The van der Waals surface area contributed by atoms with Crippen LogP contribution in [0.4, 0.5) is 10.2 Å². The van der Waals surface area contributed by atoms with E-state index in [1.54, 1.807) is 18.3 Å². The second kappa shape index (κ2) is 10.4. The quantitative estimate of drug-likeness (QED) is 0.314. The number of ether oxygens (including phenoxy) is 2. The molecule has 2 aromatic carbocycles. The standard InChI is InChI=1S/C31H34FN5O3/c32-26-27(24-16-22(38)15-21-5-1-2-6-23(21)24)33-18-25-28(26)35-30(36-29(25)34-17-20-7-13-39-14-8-20)40-19-31-9-3-11-37(31)12-4-10-31/h1-2,5-6,15-16,18,20,38H,3-4,7-14,17,19H2,(H,34,35,36). The third-order valence-corrected chi connectivity index (χ3v) is 8.95. The van der Waals surface area contributed by atoms with Crippen molar-refractivity contribution in [3.8, 4) is 23.0 Å². The van der Waals surface area contributed by atoms with Crippen molar-refractivity contribution in [2.75, 3.05) is 44.8 Å². The number of pyridine rings is 1. The summed E-state index contributed by atoms with van der Waals surface area (Å²) in [7, 11) is 0. The van der Waals surface area contributed by atoms with Gasteiger partial charge in [-0.3, -0.25) is 9.88 Å². The van der Waals surface area contributed by atoms with Crippen LogP contribution in [0.15, 0.2) is 42.6 Å². The molecule has 4 aromatic rings. The maximum Gasteiger partial charge on any atom is 0.319 e. The van der Waals surface area contributed by atoms with Gasteiger partial charge in [-0.25, -0.2) is 4.39 Å². The highest BCUT2D eigenvalue weighted by molar-refractivity contribution is 5.99. The number of fused-ring (bicyclic) bond motifs is 3. The van der Waals surface area contributed by atoms with Crippen LogP contribution in [0.25, 0.3) is 32.9 Å². The summed E-state index contributed by atoms with van der Waals surface area (Å²) in [4.78, 5) is 16.4. The molecule has 5 heterocycles. The summed E-state index contributed by atoms with van der Waals surface area (Å²) in [6.07, 6.45) is 8.10. The van der Waals surface area contributed by atoms with Gasteiger partial charge in [-0.15, -0.1) is 0 Å². The Hall–Kier alpha value is -3.56. The monoisotopic (exact) mass is 543 g/mol. The maximum absolute atomic E-state index is 16.4. The first-order chi connectivity index (χ1) is 19.6. The summed E-state index contributed by atoms with van der Waals surface area (Å²) in [6, 6.07) is 11.0. The van der Waals surface area contributed by atoms with Crippen LogP contribution in [0.3, 0.4) is 0 Å². The van der Waals surface area contributed by atoms with E-state index in [2.05, 4.69) is 20.2 Å². The minimum absolute atomic E-state index is 0.0242. The summed E-state index contributed by atoms with van der Waals surface area (Å²) in [6.45, 7) is 4.90. The lowest BCUT2D eigenvalue weighted by atomic mass is 9.95. The SMILES string of the molecule is Oc1cc(-c2ncc3c(NCC4CCOCC4)nc(OCC45CCCN4CCC5)nc3c2F)c2ccccc2c1. The van der Waals surface area contributed by atoms with Gasteiger partial charge in [0.2, 0.25) is 0 Å². The molecule has 3 aliphatic rings. The number of hydrogen-bond donors (Lipinski definition) is 2. The molecule has 7 rings (SSSR count). The van der Waals surface area contributed by atoms with E-state index < -0.39 is 5.82 Å². The number of aromatic nitrogens is 3. The fourth-order valence-corrected chi connectivity index (χ4v) is 6.77. The predicted molar refractivity (Wildman–Crippen MR) is 152 cm³/mol. The molecule has 40 heavy (non-hydrogen) atoms. The molecule has 0 aliphatic carbocycles. The van der Waals surface area contributed by atoms with Gasteiger partial charge < -0.3 is 19.9 Å². The molecule has 3 fully saturated rings. The van der Waals surface area contributed by atoms with E-state index in [0.29, 0.717) is 35.8 Å². The second-order valence-corrected chi connectivity index (χ2v) is 11.4. The van der Waals surface area contributed by atoms with Crippen molar-refractivity contribution in [1.82, 2.24) is 19.9 Å². The third-order valence-electron chi connectivity index (χ3n) is 8.95. The molecule has 2 N–H and O–H groups in total. The van der Waals surface area contributed by atoms with Gasteiger partial charge in [0, 0.05) is 31.5 Å². The van der Waals surface area contributed by atoms with Gasteiger partial charge in [0.05, 0.1) is 10.9 Å². The number of benzene rings is 2. The average Bonchev–Trinajstić information content (AvgIpc) is 3.56. The molecule has 9 heteroatoms. The van der Waals surface area contributed by atoms with Crippen LogP contribution in [-0.4, -0.2) is 70.0 Å². The average molecular weight is 544 g/mol. The summed E-state index contributed by atoms with van der Waals surface area (Å²) >= 11 is 0. The Morgan fingerprint density at radius 1 is 1.07 bits per heavy atom. The molecule has 0 bridgehead atoms. The summed E-state index contributed by atoms with van der Waals surface area (Å²) in [5.74, 6) is 0.467. The van der Waals surface area contributed by atoms with Gasteiger partial charge in [-0.1, -0.05) is 24.3 Å². The van der Waals surface area contributed by atoms with Gasteiger partial charge >= 0.3 is 6.01 Å². The maximum atomic E-state index is 16.4. The molecule has 8 nitrogen and oxygen atoms in total. The summed E-state index contributed by atoms with van der Waals surface area (Å²) < 4.78 is 28.2. The molecule has 0 saturated carbocycles. The van der Waals surface area contributed by atoms with Crippen LogP contribution >= 0.6 is 0 Å². The highest BCUT2D eigenvalue weighted by Crippen LogP contribution is 2.40. The Balaban J connectivity index is 1.29. The Morgan fingerprint density at radius 2 is 1.88 bits per heavy atom. The van der Waals surface area contributed by atoms with Crippen molar-refractivity contribution in [3.05, 3.63) is 48.4 Å². The Labute approximate surface area is 232 Å². The van der Waals surface area contributed by atoms with Crippen LogP contribution in [0.1, 0.15) is 38.5 Å². The minimum Gasteiger partial charge on any atom is -0.508 e. The van der Waals surface area contributed by atoms with E-state index in [1.807, 2.05) is 24.3 Å². The Morgan fingerprint density at radius 3 is 2.70 bits per heavy atom. The van der Waals surface area contributed by atoms with Gasteiger partial charge in [-0.05, 0) is 80.4 Å². The van der Waals surface area contributed by atoms with E-state index in [0.717, 1.165) is 62.8 Å². The van der Waals surface area contributed by atoms with E-state index in [4.69, 9.17) is 14.5 Å². The van der Waals surface area contributed by atoms with Crippen molar-refractivity contribution in [3.63, 3.8) is 0 Å². The lowest BCUT2D eigenvalue weighted by Gasteiger charge is -2.31. The number of nitrogens with one attached hydrogen (secondary N) is 1. The number of phenols is 1. The molecule has 3 saturated heterocycles. The minimum atomic E-state index is -0.559. The Kier molecular flexibility index (Phi) is 6.64. The van der Waals surface area contributed by atoms with Gasteiger partial charge in [0.25, 0.3) is 0 Å². The van der Waals surface area contributed by atoms with Crippen molar-refractivity contribution in [2.24, 2.45) is 5.92 Å². The zero-order chi connectivity index (χ0) is 27.1. The van der Waals surface area contributed by atoms with Gasteiger partial charge in [0.1, 0.15) is 29.4 Å².